The van der Waals surface area contributed by atoms with Crippen LogP contribution in [-0.2, 0) is 4.79 Å². The van der Waals surface area contributed by atoms with Gasteiger partial charge in [0.15, 0.2) is 0 Å². The molecule has 0 aliphatic heterocycles. The Morgan fingerprint density at radius 3 is 2.65 bits per heavy atom. The third-order valence-corrected chi connectivity index (χ3v) is 3.42. The second-order valence-electron chi connectivity index (χ2n) is 3.65. The van der Waals surface area contributed by atoms with Crippen LogP contribution in [0.5, 0.6) is 0 Å². The number of thioether (sulfide) groups is 1. The molecule has 0 unspecified atom stereocenters. The van der Waals surface area contributed by atoms with E-state index in [2.05, 4.69) is 0 Å². The van der Waals surface area contributed by atoms with Crippen molar-refractivity contribution in [2.45, 2.75) is 18.2 Å². The highest BCUT2D eigenvalue weighted by Crippen LogP contribution is 2.17. The topological polar surface area (TPSA) is 40.5 Å². The largest absolute Gasteiger partial charge is 0.396 e. The predicted molar refractivity (Wildman–Crippen MR) is 71.1 cm³/mol. The fourth-order valence-electron chi connectivity index (χ4n) is 1.47. The van der Waals surface area contributed by atoms with Gasteiger partial charge < -0.3 is 10.0 Å². The molecule has 3 nitrogen and oxygen atoms in total. The Hall–Kier alpha value is -1.00. The minimum Gasteiger partial charge on any atom is -0.396 e. The fourth-order valence-corrected chi connectivity index (χ4v) is 2.30. The van der Waals surface area contributed by atoms with Crippen LogP contribution in [0.3, 0.4) is 0 Å². The molecule has 17 heavy (non-hydrogen) atoms. The quantitative estimate of drug-likeness (QED) is 0.756. The fraction of sp³-hybridized carbons (Fsp3) is 0.462. The number of amides is 1. The van der Waals surface area contributed by atoms with Gasteiger partial charge in [-0.25, -0.2) is 0 Å². The smallest absolute Gasteiger partial charge is 0.232 e. The van der Waals surface area contributed by atoms with E-state index in [1.54, 1.807) is 16.7 Å². The lowest BCUT2D eigenvalue weighted by atomic mass is 10.4. The first-order valence-electron chi connectivity index (χ1n) is 5.84. The molecule has 1 aromatic carbocycles. The van der Waals surface area contributed by atoms with Gasteiger partial charge in [0, 0.05) is 24.6 Å². The van der Waals surface area contributed by atoms with E-state index in [1.165, 1.54) is 0 Å². The normalized spacial score (nSPS) is 10.2. The molecule has 0 radical (unpaired) electrons. The molecule has 0 atom stereocenters. The van der Waals surface area contributed by atoms with Gasteiger partial charge in [0.25, 0.3) is 0 Å². The summed E-state index contributed by atoms with van der Waals surface area (Å²) in [4.78, 5) is 14.8. The summed E-state index contributed by atoms with van der Waals surface area (Å²) < 4.78 is 0. The summed E-state index contributed by atoms with van der Waals surface area (Å²) in [5.41, 5.74) is 0. The van der Waals surface area contributed by atoms with E-state index in [0.717, 1.165) is 4.90 Å². The van der Waals surface area contributed by atoms with E-state index < -0.39 is 0 Å². The molecule has 0 bridgehead atoms. The van der Waals surface area contributed by atoms with Crippen LogP contribution in [0.25, 0.3) is 0 Å². The molecule has 0 fully saturated rings. The lowest BCUT2D eigenvalue weighted by molar-refractivity contribution is -0.128. The van der Waals surface area contributed by atoms with Crippen molar-refractivity contribution in [3.63, 3.8) is 0 Å². The Labute approximate surface area is 107 Å². The molecular weight excluding hydrogens is 234 g/mol. The van der Waals surface area contributed by atoms with E-state index in [0.29, 0.717) is 25.3 Å². The zero-order valence-electron chi connectivity index (χ0n) is 10.1. The van der Waals surface area contributed by atoms with Crippen LogP contribution in [0.1, 0.15) is 13.3 Å². The van der Waals surface area contributed by atoms with Crippen molar-refractivity contribution in [3.05, 3.63) is 30.3 Å². The van der Waals surface area contributed by atoms with E-state index >= 15 is 0 Å². The van der Waals surface area contributed by atoms with Crippen molar-refractivity contribution in [2.24, 2.45) is 0 Å². The molecule has 1 rings (SSSR count). The molecule has 0 aliphatic carbocycles. The summed E-state index contributed by atoms with van der Waals surface area (Å²) in [7, 11) is 0. The molecule has 4 heteroatoms. The summed E-state index contributed by atoms with van der Waals surface area (Å²) in [6.07, 6.45) is 0.648. The highest BCUT2D eigenvalue weighted by atomic mass is 32.2. The summed E-state index contributed by atoms with van der Waals surface area (Å²) in [6, 6.07) is 9.90. The Morgan fingerprint density at radius 2 is 2.06 bits per heavy atom. The van der Waals surface area contributed by atoms with Gasteiger partial charge in [-0.2, -0.15) is 0 Å². The average Bonchev–Trinajstić information content (AvgIpc) is 2.38. The first kappa shape index (κ1) is 14.1. The van der Waals surface area contributed by atoms with Crippen LogP contribution in [0, 0.1) is 0 Å². The Balaban J connectivity index is 2.37. The second-order valence-corrected chi connectivity index (χ2v) is 4.70. The summed E-state index contributed by atoms with van der Waals surface area (Å²) in [5.74, 6) is 0.596. The Kier molecular flexibility index (Phi) is 6.74. The number of rotatable bonds is 7. The molecule has 1 N–H and O–H groups in total. The zero-order chi connectivity index (χ0) is 12.5. The number of hydrogen-bond donors (Lipinski definition) is 1. The second kappa shape index (κ2) is 8.14. The first-order valence-corrected chi connectivity index (χ1v) is 6.83. The number of carbonyl (C=O) groups excluding carboxylic acids is 1. The van der Waals surface area contributed by atoms with Crippen molar-refractivity contribution in [1.29, 1.82) is 0 Å². The Morgan fingerprint density at radius 1 is 1.35 bits per heavy atom. The number of carbonyl (C=O) groups is 1. The maximum absolute atomic E-state index is 11.9. The van der Waals surface area contributed by atoms with E-state index in [-0.39, 0.29) is 12.5 Å². The minimum atomic E-state index is 0.134. The van der Waals surface area contributed by atoms with Crippen molar-refractivity contribution < 1.29 is 9.90 Å². The van der Waals surface area contributed by atoms with Gasteiger partial charge in [-0.1, -0.05) is 18.2 Å². The number of aliphatic hydroxyl groups is 1. The van der Waals surface area contributed by atoms with Gasteiger partial charge in [0.1, 0.15) is 0 Å². The maximum Gasteiger partial charge on any atom is 0.232 e. The van der Waals surface area contributed by atoms with Crippen molar-refractivity contribution >= 4 is 17.7 Å². The van der Waals surface area contributed by atoms with Crippen molar-refractivity contribution in [1.82, 2.24) is 4.90 Å². The third-order valence-electron chi connectivity index (χ3n) is 2.43. The third kappa shape index (κ3) is 5.24. The molecule has 1 aromatic rings. The number of hydrogen-bond acceptors (Lipinski definition) is 3. The first-order chi connectivity index (χ1) is 8.27. The molecule has 0 heterocycles. The maximum atomic E-state index is 11.9. The molecule has 0 saturated heterocycles. The van der Waals surface area contributed by atoms with E-state index in [4.69, 9.17) is 5.11 Å². The van der Waals surface area contributed by atoms with Gasteiger partial charge in [-0.05, 0) is 25.5 Å². The molecule has 1 amide bonds. The van der Waals surface area contributed by atoms with Crippen LogP contribution < -0.4 is 0 Å². The number of aliphatic hydroxyl groups excluding tert-OH is 1. The van der Waals surface area contributed by atoms with Gasteiger partial charge in [-0.15, -0.1) is 11.8 Å². The number of nitrogens with zero attached hydrogens (tertiary/aromatic N) is 1. The molecule has 94 valence electrons. The van der Waals surface area contributed by atoms with Gasteiger partial charge in [0.05, 0.1) is 5.75 Å². The monoisotopic (exact) mass is 253 g/mol. The molecule has 0 spiro atoms. The van der Waals surface area contributed by atoms with Gasteiger partial charge >= 0.3 is 0 Å². The van der Waals surface area contributed by atoms with Crippen molar-refractivity contribution in [3.8, 4) is 0 Å². The highest BCUT2D eigenvalue weighted by molar-refractivity contribution is 8.00. The summed E-state index contributed by atoms with van der Waals surface area (Å²) in [5, 5.41) is 8.76. The molecule has 0 aromatic heterocycles. The predicted octanol–water partition coefficient (Wildman–Crippen LogP) is 2.01. The lowest BCUT2D eigenvalue weighted by Gasteiger charge is -2.20. The van der Waals surface area contributed by atoms with Crippen LogP contribution in [-0.4, -0.2) is 41.4 Å². The van der Waals surface area contributed by atoms with Crippen LogP contribution in [0.4, 0.5) is 0 Å². The molecular formula is C13H19NO2S. The molecule has 0 aliphatic rings. The van der Waals surface area contributed by atoms with Gasteiger partial charge in [-0.3, -0.25) is 4.79 Å². The van der Waals surface area contributed by atoms with Crippen molar-refractivity contribution in [2.75, 3.05) is 25.4 Å². The minimum absolute atomic E-state index is 0.134. The standard InChI is InChI=1S/C13H19NO2S/c1-2-14(9-6-10-15)13(16)11-17-12-7-4-3-5-8-12/h3-5,7-8,15H,2,6,9-11H2,1H3. The SMILES string of the molecule is CCN(CCCO)C(=O)CSc1ccccc1. The van der Waals surface area contributed by atoms with Crippen LogP contribution in [0.15, 0.2) is 35.2 Å². The van der Waals surface area contributed by atoms with Gasteiger partial charge in [0.2, 0.25) is 5.91 Å². The number of benzene rings is 1. The highest BCUT2D eigenvalue weighted by Gasteiger charge is 2.11. The van der Waals surface area contributed by atoms with Crippen LogP contribution >= 0.6 is 11.8 Å². The summed E-state index contributed by atoms with van der Waals surface area (Å²) >= 11 is 1.55. The van der Waals surface area contributed by atoms with Crippen LogP contribution in [0.2, 0.25) is 0 Å². The Bertz CT molecular complexity index is 329. The molecule has 0 saturated carbocycles. The lowest BCUT2D eigenvalue weighted by Crippen LogP contribution is -2.33. The van der Waals surface area contributed by atoms with E-state index in [9.17, 15) is 4.79 Å². The average molecular weight is 253 g/mol. The zero-order valence-corrected chi connectivity index (χ0v) is 10.9. The van der Waals surface area contributed by atoms with E-state index in [1.807, 2.05) is 37.3 Å². The summed E-state index contributed by atoms with van der Waals surface area (Å²) in [6.45, 7) is 3.44.